The molecule has 0 aliphatic heterocycles. The molecule has 0 saturated heterocycles. The van der Waals surface area contributed by atoms with Gasteiger partial charge in [-0.15, -0.1) is 0 Å². The summed E-state index contributed by atoms with van der Waals surface area (Å²) in [4.78, 5) is 0. The highest BCUT2D eigenvalue weighted by Gasteiger charge is 2.50. The largest absolute Gasteiger partial charge is 0.227 e. The van der Waals surface area contributed by atoms with Gasteiger partial charge in [0.25, 0.3) is 0 Å². The highest BCUT2D eigenvalue weighted by atomic mass is 32.3. The fourth-order valence-electron chi connectivity index (χ4n) is 4.83. The summed E-state index contributed by atoms with van der Waals surface area (Å²) in [5.41, 5.74) is 0. The molecule has 0 aromatic rings. The zero-order valence-electron chi connectivity index (χ0n) is 14.0. The molecule has 0 bridgehead atoms. The lowest BCUT2D eigenvalue weighted by Gasteiger charge is -2.66. The Labute approximate surface area is 112 Å². The molecular weight excluding hydrogens is 224 g/mol. The summed E-state index contributed by atoms with van der Waals surface area (Å²) in [5.74, 6) is 0. The Morgan fingerprint density at radius 2 is 1.18 bits per heavy atom. The van der Waals surface area contributed by atoms with E-state index in [4.69, 9.17) is 0 Å². The third-order valence-corrected chi connectivity index (χ3v) is 11.3. The van der Waals surface area contributed by atoms with Gasteiger partial charge in [0.05, 0.1) is 0 Å². The summed E-state index contributed by atoms with van der Waals surface area (Å²) in [7, 11) is -0.686. The first kappa shape index (κ1) is 17.4. The van der Waals surface area contributed by atoms with Crippen molar-refractivity contribution in [2.75, 3.05) is 0 Å². The molecule has 0 saturated carbocycles. The minimum atomic E-state index is -0.686. The van der Waals surface area contributed by atoms with Crippen LogP contribution >= 0.6 is 10.0 Å². The smallest absolute Gasteiger partial charge is 0.00451 e. The highest BCUT2D eigenvalue weighted by molar-refractivity contribution is 8.36. The van der Waals surface area contributed by atoms with Crippen LogP contribution in [0.25, 0.3) is 0 Å². The monoisotopic (exact) mass is 260 g/mol. The van der Waals surface area contributed by atoms with Crippen molar-refractivity contribution in [1.29, 1.82) is 0 Å². The third-order valence-electron chi connectivity index (χ3n) is 4.27. The summed E-state index contributed by atoms with van der Waals surface area (Å²) in [6.07, 6.45) is 2.66. The van der Waals surface area contributed by atoms with Gasteiger partial charge in [-0.05, 0) is 26.4 Å². The first-order valence-corrected chi connectivity index (χ1v) is 9.01. The van der Waals surface area contributed by atoms with E-state index in [0.717, 1.165) is 10.5 Å². The topological polar surface area (TPSA) is 0 Å². The fraction of sp³-hybridized carbons (Fsp3) is 1.00. The van der Waals surface area contributed by atoms with Crippen molar-refractivity contribution >= 4 is 10.0 Å². The van der Waals surface area contributed by atoms with E-state index in [1.165, 1.54) is 12.8 Å². The lowest BCUT2D eigenvalue weighted by Crippen LogP contribution is -2.48. The van der Waals surface area contributed by atoms with Gasteiger partial charge in [0.15, 0.2) is 0 Å². The van der Waals surface area contributed by atoms with Gasteiger partial charge >= 0.3 is 0 Å². The fourth-order valence-corrected chi connectivity index (χ4v) is 13.5. The SMILES string of the molecule is CCCC(C)(C)S(C(C)C)(C(C)C)C(C)(C)C. The van der Waals surface area contributed by atoms with Crippen LogP contribution < -0.4 is 0 Å². The van der Waals surface area contributed by atoms with Crippen LogP contribution in [0.3, 0.4) is 0 Å². The van der Waals surface area contributed by atoms with Crippen LogP contribution in [-0.2, 0) is 0 Å². The van der Waals surface area contributed by atoms with E-state index in [2.05, 4.69) is 69.2 Å². The molecule has 0 amide bonds. The molecule has 0 aliphatic carbocycles. The summed E-state index contributed by atoms with van der Waals surface area (Å²) < 4.78 is 0.899. The van der Waals surface area contributed by atoms with Gasteiger partial charge in [0, 0.05) is 0 Å². The molecule has 1 heteroatoms. The molecule has 0 radical (unpaired) electrons. The van der Waals surface area contributed by atoms with Crippen LogP contribution in [0.4, 0.5) is 0 Å². The second-order valence-corrected chi connectivity index (χ2v) is 13.1. The summed E-state index contributed by atoms with van der Waals surface area (Å²) in [5, 5.41) is 1.59. The molecule has 0 nitrogen and oxygen atoms in total. The molecule has 0 fully saturated rings. The standard InChI is InChI=1S/C16H36S/c1-11-12-16(9,10)17(13(2)3,14(4)5)15(6,7)8/h13-14H,11-12H2,1-10H3. The van der Waals surface area contributed by atoms with Crippen molar-refractivity contribution in [1.82, 2.24) is 0 Å². The maximum absolute atomic E-state index is 2.52. The molecule has 0 aromatic heterocycles. The molecule has 17 heavy (non-hydrogen) atoms. The molecule has 0 N–H and O–H groups in total. The van der Waals surface area contributed by atoms with Gasteiger partial charge in [-0.3, -0.25) is 0 Å². The minimum Gasteiger partial charge on any atom is -0.227 e. The molecule has 106 valence electrons. The maximum Gasteiger partial charge on any atom is -0.00451 e. The second-order valence-electron chi connectivity index (χ2n) is 7.43. The van der Waals surface area contributed by atoms with Crippen LogP contribution in [0.15, 0.2) is 0 Å². The zero-order chi connectivity index (χ0) is 14.1. The van der Waals surface area contributed by atoms with E-state index < -0.39 is 10.0 Å². The van der Waals surface area contributed by atoms with Crippen molar-refractivity contribution < 1.29 is 0 Å². The number of rotatable bonds is 5. The summed E-state index contributed by atoms with van der Waals surface area (Å²) in [6, 6.07) is 0. The van der Waals surface area contributed by atoms with Gasteiger partial charge in [-0.1, -0.05) is 75.7 Å². The van der Waals surface area contributed by atoms with Crippen molar-refractivity contribution in [2.24, 2.45) is 0 Å². The average Bonchev–Trinajstić information content (AvgIpc) is 1.97. The highest BCUT2D eigenvalue weighted by Crippen LogP contribution is 2.74. The minimum absolute atomic E-state index is 0.425. The Morgan fingerprint density at radius 3 is 1.35 bits per heavy atom. The van der Waals surface area contributed by atoms with Crippen LogP contribution in [0.2, 0.25) is 0 Å². The summed E-state index contributed by atoms with van der Waals surface area (Å²) in [6.45, 7) is 24.6. The normalized spacial score (nSPS) is 15.8. The lowest BCUT2D eigenvalue weighted by atomic mass is 10.1. The second kappa shape index (κ2) is 5.55. The van der Waals surface area contributed by atoms with Gasteiger partial charge in [-0.25, -0.2) is 10.0 Å². The molecule has 0 rings (SSSR count). The lowest BCUT2D eigenvalue weighted by molar-refractivity contribution is 0.582. The van der Waals surface area contributed by atoms with E-state index in [1.54, 1.807) is 0 Å². The van der Waals surface area contributed by atoms with Crippen LogP contribution in [0.5, 0.6) is 0 Å². The summed E-state index contributed by atoms with van der Waals surface area (Å²) >= 11 is 0. The van der Waals surface area contributed by atoms with Crippen molar-refractivity contribution in [3.05, 3.63) is 0 Å². The maximum atomic E-state index is 2.52. The Balaban J connectivity index is 5.83. The van der Waals surface area contributed by atoms with Gasteiger partial charge in [-0.2, -0.15) is 0 Å². The van der Waals surface area contributed by atoms with E-state index in [1.807, 2.05) is 0 Å². The van der Waals surface area contributed by atoms with Gasteiger partial charge in [0.1, 0.15) is 0 Å². The van der Waals surface area contributed by atoms with Crippen molar-refractivity contribution in [2.45, 2.75) is 102 Å². The number of hydrogen-bond donors (Lipinski definition) is 0. The van der Waals surface area contributed by atoms with Crippen molar-refractivity contribution in [3.63, 3.8) is 0 Å². The molecule has 0 aromatic carbocycles. The zero-order valence-corrected chi connectivity index (χ0v) is 14.8. The Morgan fingerprint density at radius 1 is 0.824 bits per heavy atom. The van der Waals surface area contributed by atoms with E-state index >= 15 is 0 Å². The van der Waals surface area contributed by atoms with Crippen LogP contribution in [0, 0.1) is 0 Å². The first-order valence-electron chi connectivity index (χ1n) is 7.25. The van der Waals surface area contributed by atoms with Crippen molar-refractivity contribution in [3.8, 4) is 0 Å². The van der Waals surface area contributed by atoms with E-state index in [0.29, 0.717) is 9.49 Å². The number of hydrogen-bond acceptors (Lipinski definition) is 0. The molecular formula is C16H36S. The molecule has 0 spiro atoms. The first-order chi connectivity index (χ1) is 7.45. The van der Waals surface area contributed by atoms with E-state index in [-0.39, 0.29) is 0 Å². The van der Waals surface area contributed by atoms with Gasteiger partial charge < -0.3 is 0 Å². The quantitative estimate of drug-likeness (QED) is 0.570. The van der Waals surface area contributed by atoms with Gasteiger partial charge in [0.2, 0.25) is 0 Å². The Hall–Kier alpha value is 0.350. The van der Waals surface area contributed by atoms with Crippen LogP contribution in [0.1, 0.15) is 82.1 Å². The van der Waals surface area contributed by atoms with Crippen LogP contribution in [-0.4, -0.2) is 20.0 Å². The third kappa shape index (κ3) is 2.85. The molecule has 0 unspecified atom stereocenters. The Kier molecular flexibility index (Phi) is 5.66. The molecule has 0 atom stereocenters. The van der Waals surface area contributed by atoms with E-state index in [9.17, 15) is 0 Å². The predicted molar refractivity (Wildman–Crippen MR) is 86.6 cm³/mol. The molecule has 0 heterocycles. The Bertz CT molecular complexity index is 222. The predicted octanol–water partition coefficient (Wildman–Crippen LogP) is 5.99. The molecule has 0 aliphatic rings. The average molecular weight is 261 g/mol.